The lowest BCUT2D eigenvalue weighted by molar-refractivity contribution is -0.137. The molecule has 2 aliphatic rings. The number of alkyl halides is 3. The highest BCUT2D eigenvalue weighted by molar-refractivity contribution is 5.27. The largest absolute Gasteiger partial charge is 0.416 e. The summed E-state index contributed by atoms with van der Waals surface area (Å²) in [5, 5.41) is 3.44. The van der Waals surface area contributed by atoms with Crippen molar-refractivity contribution in [2.45, 2.75) is 50.5 Å². The Labute approximate surface area is 166 Å². The third-order valence-corrected chi connectivity index (χ3v) is 6.47. The summed E-state index contributed by atoms with van der Waals surface area (Å²) in [5.74, 6) is 0. The molecule has 0 radical (unpaired) electrons. The summed E-state index contributed by atoms with van der Waals surface area (Å²) < 4.78 is 44.1. The van der Waals surface area contributed by atoms with E-state index in [0.29, 0.717) is 12.6 Å². The minimum absolute atomic E-state index is 0.0368. The molecule has 28 heavy (non-hydrogen) atoms. The van der Waals surface area contributed by atoms with Crippen molar-refractivity contribution in [1.82, 2.24) is 15.1 Å². The zero-order valence-corrected chi connectivity index (χ0v) is 17.1. The van der Waals surface area contributed by atoms with Gasteiger partial charge in [-0.05, 0) is 57.5 Å². The van der Waals surface area contributed by atoms with Gasteiger partial charge in [-0.25, -0.2) is 0 Å². The summed E-state index contributed by atoms with van der Waals surface area (Å²) in [6, 6.07) is 5.82. The Hall–Kier alpha value is -1.15. The molecule has 2 heterocycles. The van der Waals surface area contributed by atoms with Gasteiger partial charge in [0.15, 0.2) is 0 Å². The number of piperazine rings is 1. The topological polar surface area (TPSA) is 27.7 Å². The van der Waals surface area contributed by atoms with Crippen molar-refractivity contribution < 1.29 is 17.9 Å². The van der Waals surface area contributed by atoms with Gasteiger partial charge in [-0.3, -0.25) is 9.80 Å². The molecule has 0 aromatic heterocycles. The average molecular weight is 400 g/mol. The molecule has 0 amide bonds. The number of nitrogens with zero attached hydrogens (tertiary/aromatic N) is 2. The van der Waals surface area contributed by atoms with E-state index in [9.17, 15) is 13.2 Å². The smallest absolute Gasteiger partial charge is 0.383 e. The SMILES string of the molecule is COC[C@H](c1ccc(C(F)(F)F)cc1)N1CCN(C2(C)CCNCC2)C[C@H]1C. The van der Waals surface area contributed by atoms with E-state index >= 15 is 0 Å². The third kappa shape index (κ3) is 4.70. The van der Waals surface area contributed by atoms with E-state index in [4.69, 9.17) is 4.74 Å². The molecule has 1 aromatic carbocycles. The van der Waals surface area contributed by atoms with E-state index in [0.717, 1.165) is 51.1 Å². The minimum Gasteiger partial charge on any atom is -0.383 e. The van der Waals surface area contributed by atoms with Gasteiger partial charge < -0.3 is 10.1 Å². The molecule has 158 valence electrons. The number of rotatable bonds is 5. The monoisotopic (exact) mass is 399 g/mol. The number of halogens is 3. The number of benzene rings is 1. The first-order chi connectivity index (χ1) is 13.2. The van der Waals surface area contributed by atoms with Crippen LogP contribution < -0.4 is 5.32 Å². The van der Waals surface area contributed by atoms with Crippen LogP contribution in [0.1, 0.15) is 43.9 Å². The Morgan fingerprint density at radius 2 is 1.82 bits per heavy atom. The third-order valence-electron chi connectivity index (χ3n) is 6.47. The van der Waals surface area contributed by atoms with Gasteiger partial charge in [-0.2, -0.15) is 13.2 Å². The minimum atomic E-state index is -4.31. The fraction of sp³-hybridized carbons (Fsp3) is 0.714. The second-order valence-corrected chi connectivity index (χ2v) is 8.37. The number of ether oxygens (including phenoxy) is 1. The van der Waals surface area contributed by atoms with Crippen molar-refractivity contribution in [3.8, 4) is 0 Å². The Kier molecular flexibility index (Phi) is 6.69. The summed E-state index contributed by atoms with van der Waals surface area (Å²) in [6.45, 7) is 9.99. The van der Waals surface area contributed by atoms with Crippen molar-refractivity contribution in [3.05, 3.63) is 35.4 Å². The van der Waals surface area contributed by atoms with Crippen LogP contribution in [0.5, 0.6) is 0 Å². The zero-order chi connectivity index (χ0) is 20.4. The highest BCUT2D eigenvalue weighted by Crippen LogP contribution is 2.34. The summed E-state index contributed by atoms with van der Waals surface area (Å²) in [4.78, 5) is 4.98. The number of hydrogen-bond donors (Lipinski definition) is 1. The van der Waals surface area contributed by atoms with Gasteiger partial charge in [-0.15, -0.1) is 0 Å². The Morgan fingerprint density at radius 3 is 2.36 bits per heavy atom. The molecule has 1 aromatic rings. The van der Waals surface area contributed by atoms with Crippen LogP contribution in [0.2, 0.25) is 0 Å². The van der Waals surface area contributed by atoms with Crippen molar-refractivity contribution in [2.24, 2.45) is 0 Å². The quantitative estimate of drug-likeness (QED) is 0.820. The van der Waals surface area contributed by atoms with Crippen molar-refractivity contribution >= 4 is 0 Å². The van der Waals surface area contributed by atoms with Crippen molar-refractivity contribution in [1.29, 1.82) is 0 Å². The van der Waals surface area contributed by atoms with Gasteiger partial charge in [-0.1, -0.05) is 12.1 Å². The molecular formula is C21H32F3N3O. The fourth-order valence-corrected chi connectivity index (χ4v) is 4.64. The highest BCUT2D eigenvalue weighted by Gasteiger charge is 2.39. The van der Waals surface area contributed by atoms with Crippen LogP contribution >= 0.6 is 0 Å². The highest BCUT2D eigenvalue weighted by atomic mass is 19.4. The van der Waals surface area contributed by atoms with E-state index in [-0.39, 0.29) is 11.6 Å². The first kappa shape index (κ1) is 21.6. The lowest BCUT2D eigenvalue weighted by Crippen LogP contribution is -2.62. The number of methoxy groups -OCH3 is 1. The van der Waals surface area contributed by atoms with Gasteiger partial charge in [0.25, 0.3) is 0 Å². The van der Waals surface area contributed by atoms with Crippen LogP contribution in [0, 0.1) is 0 Å². The van der Waals surface area contributed by atoms with E-state index < -0.39 is 11.7 Å². The van der Waals surface area contributed by atoms with Gasteiger partial charge in [0.1, 0.15) is 0 Å². The zero-order valence-electron chi connectivity index (χ0n) is 17.1. The summed E-state index contributed by atoms with van der Waals surface area (Å²) in [5.41, 5.74) is 0.504. The summed E-state index contributed by atoms with van der Waals surface area (Å²) >= 11 is 0. The molecule has 1 N–H and O–H groups in total. The first-order valence-electron chi connectivity index (χ1n) is 10.1. The van der Waals surface area contributed by atoms with Gasteiger partial charge in [0.2, 0.25) is 0 Å². The molecule has 0 saturated carbocycles. The molecule has 7 heteroatoms. The molecule has 3 rings (SSSR count). The van der Waals surface area contributed by atoms with Crippen LogP contribution in [0.15, 0.2) is 24.3 Å². The van der Waals surface area contributed by atoms with E-state index in [1.165, 1.54) is 12.1 Å². The van der Waals surface area contributed by atoms with Gasteiger partial charge in [0.05, 0.1) is 18.2 Å². The van der Waals surface area contributed by atoms with Crippen LogP contribution in [-0.2, 0) is 10.9 Å². The molecular weight excluding hydrogens is 367 g/mol. The van der Waals surface area contributed by atoms with Crippen LogP contribution in [0.3, 0.4) is 0 Å². The second-order valence-electron chi connectivity index (χ2n) is 8.37. The molecule has 0 aliphatic carbocycles. The van der Waals surface area contributed by atoms with E-state index in [2.05, 4.69) is 29.0 Å². The number of piperidine rings is 1. The molecule has 2 atom stereocenters. The molecule has 4 nitrogen and oxygen atoms in total. The van der Waals surface area contributed by atoms with E-state index in [1.54, 1.807) is 19.2 Å². The summed E-state index contributed by atoms with van der Waals surface area (Å²) in [6.07, 6.45) is -2.00. The molecule has 0 spiro atoms. The summed E-state index contributed by atoms with van der Waals surface area (Å²) in [7, 11) is 1.65. The predicted molar refractivity (Wildman–Crippen MR) is 104 cm³/mol. The standard InChI is InChI=1S/C21H32F3N3O/c1-16-14-26(20(2)8-10-25-11-9-20)12-13-27(16)19(15-28-3)17-4-6-18(7-5-17)21(22,23)24/h4-7,16,19,25H,8-15H2,1-3H3/t16-,19-/m1/s1. The van der Waals surface area contributed by atoms with Crippen molar-refractivity contribution in [2.75, 3.05) is 46.4 Å². The van der Waals surface area contributed by atoms with E-state index in [1.807, 2.05) is 0 Å². The lowest BCUT2D eigenvalue weighted by Gasteiger charge is -2.51. The second kappa shape index (κ2) is 8.69. The fourth-order valence-electron chi connectivity index (χ4n) is 4.64. The molecule has 2 aliphatic heterocycles. The lowest BCUT2D eigenvalue weighted by atomic mass is 9.87. The Bertz CT molecular complexity index is 629. The van der Waals surface area contributed by atoms with Crippen molar-refractivity contribution in [3.63, 3.8) is 0 Å². The maximum absolute atomic E-state index is 12.9. The molecule has 2 saturated heterocycles. The Balaban J connectivity index is 1.72. The maximum Gasteiger partial charge on any atom is 0.416 e. The maximum atomic E-state index is 12.9. The van der Waals surface area contributed by atoms with Gasteiger partial charge >= 0.3 is 6.18 Å². The van der Waals surface area contributed by atoms with Crippen LogP contribution in [0.4, 0.5) is 13.2 Å². The molecule has 2 fully saturated rings. The first-order valence-corrected chi connectivity index (χ1v) is 10.1. The number of nitrogens with one attached hydrogen (secondary N) is 1. The normalized spacial score (nSPS) is 25.6. The average Bonchev–Trinajstić information content (AvgIpc) is 2.66. The number of hydrogen-bond acceptors (Lipinski definition) is 4. The van der Waals surface area contributed by atoms with Crippen LogP contribution in [0.25, 0.3) is 0 Å². The predicted octanol–water partition coefficient (Wildman–Crippen LogP) is 3.54. The van der Waals surface area contributed by atoms with Gasteiger partial charge in [0, 0.05) is 38.3 Å². The van der Waals surface area contributed by atoms with Crippen LogP contribution in [-0.4, -0.2) is 67.8 Å². The molecule has 0 unspecified atom stereocenters. The molecule has 0 bridgehead atoms. The Morgan fingerprint density at radius 1 is 1.18 bits per heavy atom.